The molecule has 1 saturated heterocycles. The number of hydrogen-bond acceptors (Lipinski definition) is 8. The number of benzene rings is 2. The van der Waals surface area contributed by atoms with Crippen LogP contribution in [0.5, 0.6) is 11.5 Å². The van der Waals surface area contributed by atoms with Gasteiger partial charge in [-0.15, -0.1) is 12.4 Å². The topological polar surface area (TPSA) is 131 Å². The molecule has 10 nitrogen and oxygen atoms in total. The SMILES string of the molecule is COc1cc(OCCN)cc(C(=O)NCC2CCN(c3nc(-c4cccc(-c5ccn[nH]5)c4)ncc3F)CC2)c1.Cl. The number of piperidine rings is 1. The zero-order valence-electron chi connectivity index (χ0n) is 22.7. The van der Waals surface area contributed by atoms with Gasteiger partial charge >= 0.3 is 0 Å². The second-order valence-electron chi connectivity index (χ2n) is 9.59. The molecule has 0 spiro atoms. The van der Waals surface area contributed by atoms with Crippen molar-refractivity contribution in [2.24, 2.45) is 11.7 Å². The van der Waals surface area contributed by atoms with E-state index >= 15 is 0 Å². The third-order valence-electron chi connectivity index (χ3n) is 6.89. The number of amides is 1. The summed E-state index contributed by atoms with van der Waals surface area (Å²) >= 11 is 0. The van der Waals surface area contributed by atoms with Crippen molar-refractivity contribution >= 4 is 24.1 Å². The lowest BCUT2D eigenvalue weighted by Gasteiger charge is -2.33. The van der Waals surface area contributed by atoms with Crippen LogP contribution in [0.15, 0.2) is 60.9 Å². The van der Waals surface area contributed by atoms with Gasteiger partial charge in [-0.3, -0.25) is 9.89 Å². The average molecular weight is 582 g/mol. The smallest absolute Gasteiger partial charge is 0.251 e. The quantitative estimate of drug-likeness (QED) is 0.255. The molecule has 0 unspecified atom stereocenters. The summed E-state index contributed by atoms with van der Waals surface area (Å²) in [6.45, 7) is 2.48. The average Bonchev–Trinajstić information content (AvgIpc) is 3.55. The first-order chi connectivity index (χ1) is 19.5. The lowest BCUT2D eigenvalue weighted by molar-refractivity contribution is 0.0944. The molecular formula is C29H33ClFN7O3. The summed E-state index contributed by atoms with van der Waals surface area (Å²) < 4.78 is 25.7. The van der Waals surface area contributed by atoms with Crippen LogP contribution in [0.2, 0.25) is 0 Å². The maximum absolute atomic E-state index is 14.8. The van der Waals surface area contributed by atoms with Gasteiger partial charge in [-0.1, -0.05) is 18.2 Å². The van der Waals surface area contributed by atoms with Gasteiger partial charge in [0.2, 0.25) is 0 Å². The van der Waals surface area contributed by atoms with Crippen molar-refractivity contribution in [2.75, 3.05) is 44.8 Å². The normalized spacial score (nSPS) is 13.4. The van der Waals surface area contributed by atoms with Gasteiger partial charge in [-0.05, 0) is 43.0 Å². The number of nitrogens with one attached hydrogen (secondary N) is 2. The van der Waals surface area contributed by atoms with Crippen LogP contribution >= 0.6 is 12.4 Å². The molecule has 0 aliphatic carbocycles. The minimum absolute atomic E-state index is 0. The number of aromatic nitrogens is 4. The molecule has 12 heteroatoms. The number of aromatic amines is 1. The Morgan fingerprint density at radius 1 is 1.15 bits per heavy atom. The summed E-state index contributed by atoms with van der Waals surface area (Å²) in [4.78, 5) is 23.6. The lowest BCUT2D eigenvalue weighted by Crippen LogP contribution is -2.39. The highest BCUT2D eigenvalue weighted by atomic mass is 35.5. The molecular weight excluding hydrogens is 549 g/mol. The number of halogens is 2. The minimum Gasteiger partial charge on any atom is -0.497 e. The fraction of sp³-hybridized carbons (Fsp3) is 0.310. The van der Waals surface area contributed by atoms with Crippen molar-refractivity contribution in [3.8, 4) is 34.1 Å². The fourth-order valence-electron chi connectivity index (χ4n) is 4.73. The van der Waals surface area contributed by atoms with Crippen LogP contribution < -0.4 is 25.4 Å². The first kappa shape index (κ1) is 29.8. The van der Waals surface area contributed by atoms with Gasteiger partial charge in [0.1, 0.15) is 18.1 Å². The van der Waals surface area contributed by atoms with Gasteiger partial charge in [-0.25, -0.2) is 14.4 Å². The molecule has 0 bridgehead atoms. The van der Waals surface area contributed by atoms with Crippen LogP contribution in [0.25, 0.3) is 22.6 Å². The number of methoxy groups -OCH3 is 1. The Morgan fingerprint density at radius 2 is 1.93 bits per heavy atom. The van der Waals surface area contributed by atoms with E-state index < -0.39 is 5.82 Å². The Kier molecular flexibility index (Phi) is 10.1. The molecule has 3 heterocycles. The van der Waals surface area contributed by atoms with E-state index in [2.05, 4.69) is 25.5 Å². The van der Waals surface area contributed by atoms with E-state index in [-0.39, 0.29) is 24.2 Å². The van der Waals surface area contributed by atoms with E-state index in [9.17, 15) is 9.18 Å². The number of carbonyl (C=O) groups excluding carboxylic acids is 1. The molecule has 4 N–H and O–H groups in total. The molecule has 0 saturated carbocycles. The number of anilines is 1. The fourth-order valence-corrected chi connectivity index (χ4v) is 4.73. The molecule has 1 aliphatic rings. The van der Waals surface area contributed by atoms with Crippen molar-refractivity contribution in [3.63, 3.8) is 0 Å². The predicted molar refractivity (Wildman–Crippen MR) is 157 cm³/mol. The molecule has 0 radical (unpaired) electrons. The van der Waals surface area contributed by atoms with Crippen LogP contribution in [0.4, 0.5) is 10.2 Å². The second-order valence-corrected chi connectivity index (χ2v) is 9.59. The third kappa shape index (κ3) is 7.30. The van der Waals surface area contributed by atoms with Crippen LogP contribution in [0.3, 0.4) is 0 Å². The second kappa shape index (κ2) is 13.9. The van der Waals surface area contributed by atoms with Gasteiger partial charge in [0.25, 0.3) is 5.91 Å². The van der Waals surface area contributed by atoms with Crippen molar-refractivity contribution in [2.45, 2.75) is 12.8 Å². The summed E-state index contributed by atoms with van der Waals surface area (Å²) in [7, 11) is 1.54. The third-order valence-corrected chi connectivity index (χ3v) is 6.89. The van der Waals surface area contributed by atoms with Gasteiger partial charge < -0.3 is 25.4 Å². The zero-order valence-corrected chi connectivity index (χ0v) is 23.5. The maximum Gasteiger partial charge on any atom is 0.251 e. The summed E-state index contributed by atoms with van der Waals surface area (Å²) in [6, 6.07) is 14.7. The maximum atomic E-state index is 14.8. The van der Waals surface area contributed by atoms with Crippen molar-refractivity contribution < 1.29 is 18.7 Å². The molecule has 4 aromatic rings. The molecule has 1 fully saturated rings. The molecule has 1 aliphatic heterocycles. The molecule has 41 heavy (non-hydrogen) atoms. The number of ether oxygens (including phenoxy) is 2. The van der Waals surface area contributed by atoms with E-state index in [1.54, 1.807) is 31.5 Å². The Hall–Kier alpha value is -4.22. The Bertz CT molecular complexity index is 1450. The van der Waals surface area contributed by atoms with Gasteiger partial charge in [0.15, 0.2) is 17.5 Å². The van der Waals surface area contributed by atoms with Gasteiger partial charge in [0, 0.05) is 55.1 Å². The highest BCUT2D eigenvalue weighted by Crippen LogP contribution is 2.28. The Labute approximate surface area is 243 Å². The highest BCUT2D eigenvalue weighted by Gasteiger charge is 2.24. The number of nitrogens with two attached hydrogens (primary N) is 1. The molecule has 2 aromatic heterocycles. The number of carbonyl (C=O) groups is 1. The Balaban J connectivity index is 0.00000387. The van der Waals surface area contributed by atoms with Crippen molar-refractivity contribution in [3.05, 3.63) is 72.3 Å². The number of H-pyrrole nitrogens is 1. The van der Waals surface area contributed by atoms with E-state index in [0.29, 0.717) is 61.5 Å². The van der Waals surface area contributed by atoms with Crippen LogP contribution in [-0.4, -0.2) is 66.0 Å². The van der Waals surface area contributed by atoms with E-state index in [0.717, 1.165) is 29.7 Å². The van der Waals surface area contributed by atoms with Gasteiger partial charge in [0.05, 0.1) is 19.0 Å². The van der Waals surface area contributed by atoms with E-state index in [1.165, 1.54) is 6.20 Å². The van der Waals surface area contributed by atoms with Crippen LogP contribution in [-0.2, 0) is 0 Å². The first-order valence-electron chi connectivity index (χ1n) is 13.2. The first-order valence-corrected chi connectivity index (χ1v) is 13.2. The zero-order chi connectivity index (χ0) is 27.9. The number of nitrogens with zero attached hydrogens (tertiary/aromatic N) is 4. The largest absolute Gasteiger partial charge is 0.497 e. The number of rotatable bonds is 10. The van der Waals surface area contributed by atoms with Crippen LogP contribution in [0, 0.1) is 11.7 Å². The predicted octanol–water partition coefficient (Wildman–Crippen LogP) is 4.09. The van der Waals surface area contributed by atoms with Gasteiger partial charge in [-0.2, -0.15) is 5.10 Å². The summed E-state index contributed by atoms with van der Waals surface area (Å²) in [6.07, 6.45) is 4.50. The van der Waals surface area contributed by atoms with Crippen molar-refractivity contribution in [1.82, 2.24) is 25.5 Å². The Morgan fingerprint density at radius 3 is 2.66 bits per heavy atom. The molecule has 216 valence electrons. The summed E-state index contributed by atoms with van der Waals surface area (Å²) in [5.74, 6) is 1.42. The molecule has 5 rings (SSSR count). The standard InChI is InChI=1S/C29H32FN7O3.ClH/c1-39-23-14-22(15-24(16-23)40-12-8-31)29(38)33-17-19-6-10-37(11-7-19)28-25(30)18-32-27(35-28)21-4-2-3-20(13-21)26-5-9-34-36-26;/h2-5,9,13-16,18-19H,6-8,10-12,17,31H2,1H3,(H,33,38)(H,34,36);1H. The molecule has 1 amide bonds. The monoisotopic (exact) mass is 581 g/mol. The van der Waals surface area contributed by atoms with E-state index in [4.69, 9.17) is 15.2 Å². The minimum atomic E-state index is -0.453. The molecule has 0 atom stereocenters. The van der Waals surface area contributed by atoms with E-state index in [1.807, 2.05) is 35.2 Å². The summed E-state index contributed by atoms with van der Waals surface area (Å²) in [5.41, 5.74) is 8.59. The highest BCUT2D eigenvalue weighted by molar-refractivity contribution is 5.95. The van der Waals surface area contributed by atoms with Crippen LogP contribution in [0.1, 0.15) is 23.2 Å². The number of hydrogen-bond donors (Lipinski definition) is 3. The lowest BCUT2D eigenvalue weighted by atomic mass is 9.96. The van der Waals surface area contributed by atoms with Crippen molar-refractivity contribution in [1.29, 1.82) is 0 Å². The molecule has 2 aromatic carbocycles. The summed E-state index contributed by atoms with van der Waals surface area (Å²) in [5, 5.41) is 9.97.